The minimum Gasteiger partial charge on any atom is -0.479 e. The molecule has 0 radical (unpaired) electrons. The molecule has 2 aliphatic rings. The lowest BCUT2D eigenvalue weighted by molar-refractivity contribution is -0.145. The number of carbonyl (C=O) groups is 4. The first-order chi connectivity index (χ1) is 19.5. The van der Waals surface area contributed by atoms with Gasteiger partial charge in [0.2, 0.25) is 23.4 Å². The van der Waals surface area contributed by atoms with Gasteiger partial charge in [0.1, 0.15) is 12.6 Å². The Morgan fingerprint density at radius 1 is 0.976 bits per heavy atom. The van der Waals surface area contributed by atoms with Gasteiger partial charge in [-0.15, -0.1) is 0 Å². The van der Waals surface area contributed by atoms with Gasteiger partial charge < -0.3 is 19.7 Å². The summed E-state index contributed by atoms with van der Waals surface area (Å²) in [5, 5.41) is 2.44. The number of ketones is 1. The number of halogens is 4. The summed E-state index contributed by atoms with van der Waals surface area (Å²) in [5.74, 6) is -11.3. The van der Waals surface area contributed by atoms with Crippen LogP contribution in [0.15, 0.2) is 6.07 Å². The lowest BCUT2D eigenvalue weighted by atomic mass is 9.85. The van der Waals surface area contributed by atoms with Crippen LogP contribution in [0.1, 0.15) is 79.6 Å². The third kappa shape index (κ3) is 9.43. The van der Waals surface area contributed by atoms with Gasteiger partial charge in [-0.2, -0.15) is 8.78 Å². The van der Waals surface area contributed by atoms with Crippen molar-refractivity contribution in [2.24, 2.45) is 11.3 Å². The third-order valence-electron chi connectivity index (χ3n) is 7.11. The van der Waals surface area contributed by atoms with Gasteiger partial charge >= 0.3 is 5.97 Å². The quantitative estimate of drug-likeness (QED) is 0.244. The molecule has 1 saturated carbocycles. The van der Waals surface area contributed by atoms with Crippen LogP contribution >= 0.6 is 0 Å². The van der Waals surface area contributed by atoms with E-state index in [1.54, 1.807) is 4.90 Å². The molecule has 1 aliphatic carbocycles. The van der Waals surface area contributed by atoms with Gasteiger partial charge in [0.15, 0.2) is 23.2 Å². The largest absolute Gasteiger partial charge is 0.479 e. The number of nitrogens with zero attached hydrogens (tertiary/aromatic N) is 1. The number of ether oxygens (including phenoxy) is 2. The first-order valence-corrected chi connectivity index (χ1v) is 14.1. The fourth-order valence-corrected chi connectivity index (χ4v) is 4.80. The fraction of sp³-hybridized carbons (Fsp3) is 0.655. The highest BCUT2D eigenvalue weighted by Gasteiger charge is 2.41. The molecule has 1 aromatic carbocycles. The van der Waals surface area contributed by atoms with Gasteiger partial charge in [-0.05, 0) is 25.7 Å². The van der Waals surface area contributed by atoms with Crippen LogP contribution in [0.4, 0.5) is 17.6 Å². The zero-order valence-corrected chi connectivity index (χ0v) is 24.7. The number of benzene rings is 1. The summed E-state index contributed by atoms with van der Waals surface area (Å²) in [6.07, 6.45) is 3.79. The Morgan fingerprint density at radius 3 is 1.98 bits per heavy atom. The maximum Gasteiger partial charge on any atom is 0.308 e. The van der Waals surface area contributed by atoms with E-state index in [9.17, 15) is 36.7 Å². The molecular weight excluding hydrogens is 548 g/mol. The second kappa shape index (κ2) is 16.9. The summed E-state index contributed by atoms with van der Waals surface area (Å²) < 4.78 is 63.7. The second-order valence-electron chi connectivity index (χ2n) is 9.73. The molecule has 12 heteroatoms. The number of carbonyl (C=O) groups excluding carboxylic acids is 4. The maximum atomic E-state index is 13.8. The van der Waals surface area contributed by atoms with E-state index in [4.69, 9.17) is 0 Å². The zero-order valence-electron chi connectivity index (χ0n) is 24.7. The molecule has 1 atom stereocenters. The van der Waals surface area contributed by atoms with Crippen molar-refractivity contribution in [2.75, 3.05) is 26.8 Å². The second-order valence-corrected chi connectivity index (χ2v) is 9.73. The monoisotopic (exact) mass is 590 g/mol. The van der Waals surface area contributed by atoms with E-state index in [0.29, 0.717) is 25.9 Å². The van der Waals surface area contributed by atoms with Crippen molar-refractivity contribution in [1.29, 1.82) is 0 Å². The number of piperidine rings is 1. The summed E-state index contributed by atoms with van der Waals surface area (Å²) >= 11 is 0. The molecule has 2 fully saturated rings. The molecule has 232 valence electrons. The SMILES string of the molecule is CC.CC.COC(=O)CC(NC(=O)C1CCN(C(=O)C2(C)CCCC2)CC1)C(=O)COc1c(F)c(F)cc(F)c1F. The van der Waals surface area contributed by atoms with Crippen molar-refractivity contribution < 1.29 is 46.2 Å². The number of hydrogen-bond donors (Lipinski definition) is 1. The maximum absolute atomic E-state index is 13.8. The van der Waals surface area contributed by atoms with Crippen LogP contribution < -0.4 is 10.1 Å². The molecule has 2 amide bonds. The highest BCUT2D eigenvalue weighted by atomic mass is 19.2. The van der Waals surface area contributed by atoms with Crippen LogP contribution in [0, 0.1) is 34.6 Å². The number of rotatable bonds is 9. The van der Waals surface area contributed by atoms with Crippen molar-refractivity contribution in [3.63, 3.8) is 0 Å². The predicted octanol–water partition coefficient (Wildman–Crippen LogP) is 5.11. The average Bonchev–Trinajstić information content (AvgIpc) is 3.44. The number of Topliss-reactive ketones (excluding diaryl/α,β-unsaturated/α-hetero) is 1. The molecule has 41 heavy (non-hydrogen) atoms. The molecule has 1 unspecified atom stereocenters. The average molecular weight is 591 g/mol. The van der Waals surface area contributed by atoms with Crippen molar-refractivity contribution in [3.05, 3.63) is 29.3 Å². The van der Waals surface area contributed by atoms with Crippen molar-refractivity contribution in [2.45, 2.75) is 85.6 Å². The molecular formula is C29H42F4N2O6. The number of amides is 2. The number of methoxy groups -OCH3 is 1. The number of esters is 1. The van der Waals surface area contributed by atoms with E-state index < -0.39 is 71.7 Å². The summed E-state index contributed by atoms with van der Waals surface area (Å²) in [7, 11) is 1.07. The standard InChI is InChI=1S/C25H30F4N2O6.2C2H6/c1-25(7-3-4-8-25)24(35)31-9-5-14(6-10-31)23(34)30-17(12-19(33)36-2)18(32)13-37-22-20(28)15(26)11-16(27)21(22)29;2*1-2/h11,14,17H,3-10,12-13H2,1-2H3,(H,30,34);2*1-2H3. The summed E-state index contributed by atoms with van der Waals surface area (Å²) in [6, 6.07) is -1.48. The van der Waals surface area contributed by atoms with Crippen LogP contribution in [0.2, 0.25) is 0 Å². The molecule has 1 heterocycles. The van der Waals surface area contributed by atoms with Crippen molar-refractivity contribution in [1.82, 2.24) is 10.2 Å². The topological polar surface area (TPSA) is 102 Å². The van der Waals surface area contributed by atoms with Crippen molar-refractivity contribution >= 4 is 23.6 Å². The molecule has 1 aromatic rings. The van der Waals surface area contributed by atoms with E-state index in [1.807, 2.05) is 34.6 Å². The van der Waals surface area contributed by atoms with Gasteiger partial charge in [-0.25, -0.2) is 8.78 Å². The molecule has 3 rings (SSSR count). The Morgan fingerprint density at radius 2 is 1.49 bits per heavy atom. The summed E-state index contributed by atoms with van der Waals surface area (Å²) in [5.41, 5.74) is -0.378. The molecule has 1 aliphatic heterocycles. The van der Waals surface area contributed by atoms with E-state index in [2.05, 4.69) is 14.8 Å². The van der Waals surface area contributed by atoms with E-state index in [1.165, 1.54) is 0 Å². The Bertz CT molecular complexity index is 1030. The first kappa shape index (κ1) is 35.8. The Kier molecular flexibility index (Phi) is 14.8. The van der Waals surface area contributed by atoms with Crippen LogP contribution in [0.5, 0.6) is 5.75 Å². The Balaban J connectivity index is 0.00000201. The minimum absolute atomic E-state index is 0.00735. The zero-order chi connectivity index (χ0) is 31.3. The minimum atomic E-state index is -1.83. The first-order valence-electron chi connectivity index (χ1n) is 14.1. The summed E-state index contributed by atoms with van der Waals surface area (Å²) in [4.78, 5) is 52.0. The number of nitrogens with one attached hydrogen (secondary N) is 1. The van der Waals surface area contributed by atoms with Gasteiger partial charge in [0.05, 0.1) is 13.5 Å². The van der Waals surface area contributed by atoms with Crippen LogP contribution in [-0.2, 0) is 23.9 Å². The van der Waals surface area contributed by atoms with Crippen LogP contribution in [0.25, 0.3) is 0 Å². The van der Waals surface area contributed by atoms with Crippen LogP contribution in [0.3, 0.4) is 0 Å². The smallest absolute Gasteiger partial charge is 0.308 e. The van der Waals surface area contributed by atoms with Gasteiger partial charge in [-0.1, -0.05) is 47.5 Å². The lowest BCUT2D eigenvalue weighted by Gasteiger charge is -2.36. The Labute approximate surface area is 239 Å². The predicted molar refractivity (Wildman–Crippen MR) is 144 cm³/mol. The lowest BCUT2D eigenvalue weighted by Crippen LogP contribution is -2.50. The molecule has 1 saturated heterocycles. The highest BCUT2D eigenvalue weighted by molar-refractivity contribution is 5.93. The van der Waals surface area contributed by atoms with Gasteiger partial charge in [0.25, 0.3) is 0 Å². The third-order valence-corrected chi connectivity index (χ3v) is 7.11. The normalized spacial score (nSPS) is 16.8. The fourth-order valence-electron chi connectivity index (χ4n) is 4.80. The summed E-state index contributed by atoms with van der Waals surface area (Å²) in [6.45, 7) is 9.62. The molecule has 0 spiro atoms. The van der Waals surface area contributed by atoms with E-state index in [-0.39, 0.29) is 17.4 Å². The van der Waals surface area contributed by atoms with Gasteiger partial charge in [0, 0.05) is 30.5 Å². The molecule has 8 nitrogen and oxygen atoms in total. The van der Waals surface area contributed by atoms with Crippen molar-refractivity contribution in [3.8, 4) is 5.75 Å². The molecule has 1 N–H and O–H groups in total. The Hall–Kier alpha value is -3.18. The number of hydrogen-bond acceptors (Lipinski definition) is 6. The number of likely N-dealkylation sites (tertiary alicyclic amines) is 1. The van der Waals surface area contributed by atoms with Crippen LogP contribution in [-0.4, -0.2) is 61.3 Å². The molecule has 0 bridgehead atoms. The molecule has 0 aromatic heterocycles. The van der Waals surface area contributed by atoms with E-state index >= 15 is 0 Å². The van der Waals surface area contributed by atoms with E-state index in [0.717, 1.165) is 32.8 Å². The van der Waals surface area contributed by atoms with Gasteiger partial charge in [-0.3, -0.25) is 19.2 Å². The highest BCUT2D eigenvalue weighted by Crippen LogP contribution is 2.40.